The fraction of sp³-hybridized carbons (Fsp3) is 0.875. The molecule has 1 aliphatic rings. The Balaban J connectivity index is 2.02. The van der Waals surface area contributed by atoms with Gasteiger partial charge in [0, 0.05) is 12.6 Å². The summed E-state index contributed by atoms with van der Waals surface area (Å²) in [5, 5.41) is 7.22. The number of rotatable bonds is 3. The van der Waals surface area contributed by atoms with Gasteiger partial charge in [0.1, 0.15) is 0 Å². The van der Waals surface area contributed by atoms with Crippen molar-refractivity contribution in [3.63, 3.8) is 0 Å². The highest BCUT2D eigenvalue weighted by molar-refractivity contribution is 7.80. The fourth-order valence-corrected chi connectivity index (χ4v) is 1.23. The highest BCUT2D eigenvalue weighted by atomic mass is 32.1. The molecular weight excluding hydrogens is 156 g/mol. The highest BCUT2D eigenvalue weighted by Crippen LogP contribution is 2.28. The van der Waals surface area contributed by atoms with Gasteiger partial charge in [-0.15, -0.1) is 0 Å². The lowest BCUT2D eigenvalue weighted by Crippen LogP contribution is -2.37. The zero-order valence-corrected chi connectivity index (χ0v) is 8.00. The number of nitrogens with one attached hydrogen (secondary N) is 2. The van der Waals surface area contributed by atoms with Crippen LogP contribution in [-0.2, 0) is 0 Å². The van der Waals surface area contributed by atoms with Crippen LogP contribution < -0.4 is 10.6 Å². The summed E-state index contributed by atoms with van der Waals surface area (Å²) in [5.74, 6) is 0.816. The van der Waals surface area contributed by atoms with E-state index in [0.717, 1.165) is 24.0 Å². The van der Waals surface area contributed by atoms with E-state index < -0.39 is 0 Å². The largest absolute Gasteiger partial charge is 0.363 e. The van der Waals surface area contributed by atoms with E-state index in [-0.39, 0.29) is 0 Å². The maximum atomic E-state index is 5.07. The standard InChI is InChI=1S/C8H16N2S/c1-3-4-9-8(11)10-7-5-6(7)2/h6-7H,3-5H2,1-2H3,(H2,9,10,11). The van der Waals surface area contributed by atoms with E-state index in [2.05, 4.69) is 24.5 Å². The quantitative estimate of drug-likeness (QED) is 0.627. The van der Waals surface area contributed by atoms with Crippen LogP contribution in [0, 0.1) is 5.92 Å². The van der Waals surface area contributed by atoms with Gasteiger partial charge >= 0.3 is 0 Å². The van der Waals surface area contributed by atoms with Crippen molar-refractivity contribution in [1.82, 2.24) is 10.6 Å². The Labute approximate surface area is 73.7 Å². The lowest BCUT2D eigenvalue weighted by molar-refractivity contribution is 0.767. The average molecular weight is 172 g/mol. The Morgan fingerprint density at radius 3 is 2.73 bits per heavy atom. The van der Waals surface area contributed by atoms with Crippen molar-refractivity contribution < 1.29 is 0 Å². The first-order chi connectivity index (χ1) is 5.24. The molecule has 0 aromatic heterocycles. The summed E-state index contributed by atoms with van der Waals surface area (Å²) in [6.07, 6.45) is 2.40. The first kappa shape index (κ1) is 8.78. The Bertz CT molecular complexity index is 147. The SMILES string of the molecule is CCCNC(=S)NC1CC1C. The third kappa shape index (κ3) is 3.06. The van der Waals surface area contributed by atoms with Gasteiger partial charge < -0.3 is 10.6 Å². The van der Waals surface area contributed by atoms with Gasteiger partial charge in [0.2, 0.25) is 0 Å². The number of thiocarbonyl (C=S) groups is 1. The molecule has 0 aromatic rings. The normalized spacial score (nSPS) is 27.8. The Kier molecular flexibility index (Phi) is 3.12. The molecule has 2 unspecified atom stereocenters. The molecule has 1 rings (SSSR count). The molecule has 1 aliphatic carbocycles. The highest BCUT2D eigenvalue weighted by Gasteiger charge is 2.32. The van der Waals surface area contributed by atoms with Gasteiger partial charge in [0.15, 0.2) is 5.11 Å². The van der Waals surface area contributed by atoms with E-state index in [1.807, 2.05) is 0 Å². The first-order valence-electron chi connectivity index (χ1n) is 4.28. The maximum Gasteiger partial charge on any atom is 0.166 e. The molecule has 0 aliphatic heterocycles. The molecule has 0 amide bonds. The van der Waals surface area contributed by atoms with Crippen LogP contribution >= 0.6 is 12.2 Å². The van der Waals surface area contributed by atoms with Gasteiger partial charge in [-0.05, 0) is 31.0 Å². The van der Waals surface area contributed by atoms with Crippen LogP contribution in [-0.4, -0.2) is 17.7 Å². The molecule has 0 aromatic carbocycles. The van der Waals surface area contributed by atoms with Gasteiger partial charge in [-0.1, -0.05) is 13.8 Å². The van der Waals surface area contributed by atoms with E-state index in [1.54, 1.807) is 0 Å². The molecule has 11 heavy (non-hydrogen) atoms. The Morgan fingerprint density at radius 1 is 1.64 bits per heavy atom. The van der Waals surface area contributed by atoms with Gasteiger partial charge in [0.05, 0.1) is 0 Å². The second kappa shape index (κ2) is 3.90. The first-order valence-corrected chi connectivity index (χ1v) is 4.69. The van der Waals surface area contributed by atoms with Crippen LogP contribution in [0.25, 0.3) is 0 Å². The van der Waals surface area contributed by atoms with Crippen LogP contribution in [0.4, 0.5) is 0 Å². The Morgan fingerprint density at radius 2 is 2.27 bits per heavy atom. The molecule has 64 valence electrons. The van der Waals surface area contributed by atoms with E-state index in [1.165, 1.54) is 6.42 Å². The topological polar surface area (TPSA) is 24.1 Å². The van der Waals surface area contributed by atoms with Crippen molar-refractivity contribution in [3.05, 3.63) is 0 Å². The summed E-state index contributed by atoms with van der Waals surface area (Å²) in [6, 6.07) is 0.645. The molecule has 0 spiro atoms. The van der Waals surface area contributed by atoms with Gasteiger partial charge in [-0.2, -0.15) is 0 Å². The van der Waals surface area contributed by atoms with Crippen molar-refractivity contribution >= 4 is 17.3 Å². The molecule has 2 atom stereocenters. The number of hydrogen-bond acceptors (Lipinski definition) is 1. The van der Waals surface area contributed by atoms with E-state index in [4.69, 9.17) is 12.2 Å². The zero-order valence-electron chi connectivity index (χ0n) is 7.18. The van der Waals surface area contributed by atoms with Crippen LogP contribution in [0.2, 0.25) is 0 Å². The molecule has 3 heteroatoms. The van der Waals surface area contributed by atoms with Crippen LogP contribution in [0.5, 0.6) is 0 Å². The van der Waals surface area contributed by atoms with Gasteiger partial charge in [-0.25, -0.2) is 0 Å². The van der Waals surface area contributed by atoms with Crippen molar-refractivity contribution in [2.75, 3.05) is 6.54 Å². The minimum absolute atomic E-state index is 0.645. The molecule has 1 fully saturated rings. The molecule has 0 bridgehead atoms. The minimum atomic E-state index is 0.645. The second-order valence-electron chi connectivity index (χ2n) is 3.22. The average Bonchev–Trinajstić information content (AvgIpc) is 2.62. The van der Waals surface area contributed by atoms with E-state index in [9.17, 15) is 0 Å². The van der Waals surface area contributed by atoms with Crippen LogP contribution in [0.3, 0.4) is 0 Å². The van der Waals surface area contributed by atoms with Crippen molar-refractivity contribution in [2.24, 2.45) is 5.92 Å². The van der Waals surface area contributed by atoms with Crippen molar-refractivity contribution in [1.29, 1.82) is 0 Å². The number of hydrogen-bond donors (Lipinski definition) is 2. The molecular formula is C8H16N2S. The molecule has 0 heterocycles. The summed E-state index contributed by atoms with van der Waals surface area (Å²) in [4.78, 5) is 0. The summed E-state index contributed by atoms with van der Waals surface area (Å²) in [7, 11) is 0. The van der Waals surface area contributed by atoms with Crippen LogP contribution in [0.15, 0.2) is 0 Å². The molecule has 0 radical (unpaired) electrons. The third-order valence-corrected chi connectivity index (χ3v) is 2.22. The van der Waals surface area contributed by atoms with E-state index in [0.29, 0.717) is 6.04 Å². The zero-order chi connectivity index (χ0) is 8.27. The van der Waals surface area contributed by atoms with Crippen molar-refractivity contribution in [2.45, 2.75) is 32.7 Å². The fourth-order valence-electron chi connectivity index (χ4n) is 0.981. The lowest BCUT2D eigenvalue weighted by Gasteiger charge is -2.07. The van der Waals surface area contributed by atoms with Gasteiger partial charge in [-0.3, -0.25) is 0 Å². The summed E-state index contributed by atoms with van der Waals surface area (Å²) in [6.45, 7) is 5.35. The molecule has 2 nitrogen and oxygen atoms in total. The minimum Gasteiger partial charge on any atom is -0.363 e. The third-order valence-electron chi connectivity index (χ3n) is 1.96. The lowest BCUT2D eigenvalue weighted by atomic mass is 10.5. The predicted octanol–water partition coefficient (Wildman–Crippen LogP) is 1.27. The van der Waals surface area contributed by atoms with Crippen LogP contribution in [0.1, 0.15) is 26.7 Å². The predicted molar refractivity (Wildman–Crippen MR) is 51.6 cm³/mol. The summed E-state index contributed by atoms with van der Waals surface area (Å²) < 4.78 is 0. The van der Waals surface area contributed by atoms with Gasteiger partial charge in [0.25, 0.3) is 0 Å². The molecule has 0 saturated heterocycles. The summed E-state index contributed by atoms with van der Waals surface area (Å²) >= 11 is 5.07. The van der Waals surface area contributed by atoms with E-state index >= 15 is 0 Å². The molecule has 1 saturated carbocycles. The smallest absolute Gasteiger partial charge is 0.166 e. The summed E-state index contributed by atoms with van der Waals surface area (Å²) in [5.41, 5.74) is 0. The maximum absolute atomic E-state index is 5.07. The Hall–Kier alpha value is -0.310. The second-order valence-corrected chi connectivity index (χ2v) is 3.63. The molecule has 2 N–H and O–H groups in total. The monoisotopic (exact) mass is 172 g/mol. The van der Waals surface area contributed by atoms with Crippen molar-refractivity contribution in [3.8, 4) is 0 Å².